The van der Waals surface area contributed by atoms with Gasteiger partial charge in [0, 0.05) is 30.5 Å². The van der Waals surface area contributed by atoms with Gasteiger partial charge in [0.15, 0.2) is 0 Å². The Morgan fingerprint density at radius 2 is 2.32 bits per heavy atom. The highest BCUT2D eigenvalue weighted by Gasteiger charge is 2.33. The van der Waals surface area contributed by atoms with Gasteiger partial charge in [-0.3, -0.25) is 0 Å². The number of anilines is 1. The summed E-state index contributed by atoms with van der Waals surface area (Å²) in [5, 5.41) is 9.67. The maximum atomic E-state index is 9.67. The molecule has 0 radical (unpaired) electrons. The van der Waals surface area contributed by atoms with Crippen molar-refractivity contribution in [3.05, 3.63) is 23.9 Å². The zero-order chi connectivity index (χ0) is 13.7. The lowest BCUT2D eigenvalue weighted by Gasteiger charge is -2.42. The molecule has 1 aliphatic rings. The number of aliphatic hydroxyl groups excluding tert-OH is 1. The van der Waals surface area contributed by atoms with Crippen molar-refractivity contribution in [3.8, 4) is 0 Å². The van der Waals surface area contributed by atoms with Crippen LogP contribution in [-0.2, 0) is 5.75 Å². The number of hydrogen-bond donors (Lipinski definition) is 1. The predicted octanol–water partition coefficient (Wildman–Crippen LogP) is 2.93. The molecule has 0 saturated carbocycles. The van der Waals surface area contributed by atoms with Crippen molar-refractivity contribution in [1.82, 2.24) is 4.98 Å². The number of hydrogen-bond acceptors (Lipinski definition) is 4. The van der Waals surface area contributed by atoms with Crippen LogP contribution < -0.4 is 4.90 Å². The molecule has 1 saturated heterocycles. The van der Waals surface area contributed by atoms with Crippen LogP contribution in [-0.4, -0.2) is 36.0 Å². The van der Waals surface area contributed by atoms with Crippen molar-refractivity contribution in [2.24, 2.45) is 5.41 Å². The molecule has 1 atom stereocenters. The summed E-state index contributed by atoms with van der Waals surface area (Å²) in [5.41, 5.74) is 1.34. The van der Waals surface area contributed by atoms with Crippen LogP contribution in [0.3, 0.4) is 0 Å². The van der Waals surface area contributed by atoms with E-state index in [2.05, 4.69) is 35.2 Å². The van der Waals surface area contributed by atoms with Crippen molar-refractivity contribution >= 4 is 17.6 Å². The molecule has 3 nitrogen and oxygen atoms in total. The van der Waals surface area contributed by atoms with E-state index < -0.39 is 0 Å². The summed E-state index contributed by atoms with van der Waals surface area (Å²) in [6.45, 7) is 4.44. The number of aromatic nitrogens is 1. The Labute approximate surface area is 120 Å². The summed E-state index contributed by atoms with van der Waals surface area (Å²) in [5.74, 6) is 2.07. The van der Waals surface area contributed by atoms with Crippen molar-refractivity contribution in [2.45, 2.75) is 31.9 Å². The van der Waals surface area contributed by atoms with Gasteiger partial charge < -0.3 is 10.0 Å². The first-order valence-corrected chi connectivity index (χ1v) is 8.42. The summed E-state index contributed by atoms with van der Waals surface area (Å²) in [4.78, 5) is 6.91. The maximum absolute atomic E-state index is 9.67. The molecule has 1 N–H and O–H groups in total. The number of piperidine rings is 1. The van der Waals surface area contributed by atoms with Crippen LogP contribution in [0.2, 0.25) is 0 Å². The van der Waals surface area contributed by atoms with Crippen molar-refractivity contribution in [2.75, 3.05) is 30.9 Å². The number of nitrogens with zero attached hydrogens (tertiary/aromatic N) is 2. The minimum atomic E-state index is 0.0673. The first kappa shape index (κ1) is 14.7. The van der Waals surface area contributed by atoms with Crippen LogP contribution >= 0.6 is 11.8 Å². The molecule has 2 rings (SSSR count). The first-order valence-electron chi connectivity index (χ1n) is 7.03. The van der Waals surface area contributed by atoms with E-state index in [1.807, 2.05) is 18.0 Å². The zero-order valence-corrected chi connectivity index (χ0v) is 12.7. The maximum Gasteiger partial charge on any atom is 0.128 e. The third-order valence-electron chi connectivity index (χ3n) is 4.19. The summed E-state index contributed by atoms with van der Waals surface area (Å²) in [7, 11) is 0. The lowest BCUT2D eigenvalue weighted by atomic mass is 9.78. The summed E-state index contributed by atoms with van der Waals surface area (Å²) < 4.78 is 0. The van der Waals surface area contributed by atoms with E-state index in [1.165, 1.54) is 5.56 Å². The van der Waals surface area contributed by atoms with Gasteiger partial charge in [0.2, 0.25) is 0 Å². The zero-order valence-electron chi connectivity index (χ0n) is 11.9. The molecule has 0 unspecified atom stereocenters. The topological polar surface area (TPSA) is 36.4 Å². The van der Waals surface area contributed by atoms with Crippen LogP contribution in [0.15, 0.2) is 18.3 Å². The van der Waals surface area contributed by atoms with Gasteiger partial charge in [-0.1, -0.05) is 13.0 Å². The van der Waals surface area contributed by atoms with E-state index in [0.717, 1.165) is 43.9 Å². The molecule has 1 aromatic rings. The highest BCUT2D eigenvalue weighted by Crippen LogP contribution is 2.34. The van der Waals surface area contributed by atoms with Gasteiger partial charge >= 0.3 is 0 Å². The molecule has 2 heterocycles. The fourth-order valence-electron chi connectivity index (χ4n) is 2.79. The standard InChI is InChI=1S/C15H24N2OS/c1-3-15(12-18)7-4-8-17(11-15)14-6-5-13(9-16-14)10-19-2/h5-6,9,18H,3-4,7-8,10-12H2,1-2H3/t15-/m0/s1. The molecule has 19 heavy (non-hydrogen) atoms. The average Bonchev–Trinajstić information content (AvgIpc) is 2.48. The van der Waals surface area contributed by atoms with Gasteiger partial charge in [-0.2, -0.15) is 11.8 Å². The Morgan fingerprint density at radius 3 is 2.89 bits per heavy atom. The summed E-state index contributed by atoms with van der Waals surface area (Å²) >= 11 is 1.82. The van der Waals surface area contributed by atoms with E-state index in [4.69, 9.17) is 0 Å². The number of pyridine rings is 1. The molecule has 1 aliphatic heterocycles. The van der Waals surface area contributed by atoms with E-state index in [9.17, 15) is 5.11 Å². The van der Waals surface area contributed by atoms with Gasteiger partial charge in [-0.05, 0) is 37.1 Å². The van der Waals surface area contributed by atoms with Crippen LogP contribution in [0.25, 0.3) is 0 Å². The van der Waals surface area contributed by atoms with Gasteiger partial charge in [0.25, 0.3) is 0 Å². The number of thioether (sulfide) groups is 1. The molecule has 1 fully saturated rings. The molecular formula is C15H24N2OS. The lowest BCUT2D eigenvalue weighted by molar-refractivity contribution is 0.101. The molecular weight excluding hydrogens is 256 g/mol. The Bertz CT molecular complexity index is 390. The van der Waals surface area contributed by atoms with E-state index >= 15 is 0 Å². The van der Waals surface area contributed by atoms with Crippen molar-refractivity contribution in [3.63, 3.8) is 0 Å². The van der Waals surface area contributed by atoms with Crippen LogP contribution in [0.4, 0.5) is 5.82 Å². The van der Waals surface area contributed by atoms with Crippen molar-refractivity contribution in [1.29, 1.82) is 0 Å². The quantitative estimate of drug-likeness (QED) is 0.899. The third kappa shape index (κ3) is 3.42. The number of rotatable bonds is 5. The predicted molar refractivity (Wildman–Crippen MR) is 82.7 cm³/mol. The van der Waals surface area contributed by atoms with Crippen LogP contribution in [0.5, 0.6) is 0 Å². The largest absolute Gasteiger partial charge is 0.396 e. The molecule has 1 aromatic heterocycles. The monoisotopic (exact) mass is 280 g/mol. The Balaban J connectivity index is 2.08. The molecule has 0 spiro atoms. The number of aliphatic hydroxyl groups is 1. The fourth-order valence-corrected chi connectivity index (χ4v) is 3.29. The molecule has 0 bridgehead atoms. The third-order valence-corrected chi connectivity index (χ3v) is 4.81. The minimum Gasteiger partial charge on any atom is -0.396 e. The molecule has 0 amide bonds. The second-order valence-corrected chi connectivity index (χ2v) is 6.36. The van der Waals surface area contributed by atoms with Gasteiger partial charge in [0.1, 0.15) is 5.82 Å². The second-order valence-electron chi connectivity index (χ2n) is 5.49. The molecule has 106 valence electrons. The Hall–Kier alpha value is -0.740. The average molecular weight is 280 g/mol. The SMILES string of the molecule is CC[C@]1(CO)CCCN(c2ccc(CSC)cn2)C1. The van der Waals surface area contributed by atoms with Gasteiger partial charge in [-0.25, -0.2) is 4.98 Å². The van der Waals surface area contributed by atoms with E-state index in [0.29, 0.717) is 0 Å². The second kappa shape index (κ2) is 6.62. The van der Waals surface area contributed by atoms with E-state index in [1.54, 1.807) is 0 Å². The lowest BCUT2D eigenvalue weighted by Crippen LogP contribution is -2.45. The Morgan fingerprint density at radius 1 is 1.47 bits per heavy atom. The highest BCUT2D eigenvalue weighted by molar-refractivity contribution is 7.97. The molecule has 4 heteroatoms. The molecule has 0 aliphatic carbocycles. The summed E-state index contributed by atoms with van der Waals surface area (Å²) in [6, 6.07) is 4.29. The molecule has 0 aromatic carbocycles. The van der Waals surface area contributed by atoms with Gasteiger partial charge in [-0.15, -0.1) is 0 Å². The fraction of sp³-hybridized carbons (Fsp3) is 0.667. The van der Waals surface area contributed by atoms with Gasteiger partial charge in [0.05, 0.1) is 6.61 Å². The normalized spacial score (nSPS) is 23.6. The van der Waals surface area contributed by atoms with Crippen LogP contribution in [0.1, 0.15) is 31.7 Å². The Kier molecular flexibility index (Phi) is 5.11. The minimum absolute atomic E-state index is 0.0673. The summed E-state index contributed by atoms with van der Waals surface area (Å²) in [6.07, 6.45) is 7.39. The smallest absolute Gasteiger partial charge is 0.128 e. The van der Waals surface area contributed by atoms with Crippen molar-refractivity contribution < 1.29 is 5.11 Å². The first-order chi connectivity index (χ1) is 9.23. The van der Waals surface area contributed by atoms with Crippen LogP contribution in [0, 0.1) is 5.41 Å². The highest BCUT2D eigenvalue weighted by atomic mass is 32.2. The van der Waals surface area contributed by atoms with E-state index in [-0.39, 0.29) is 12.0 Å².